The van der Waals surface area contributed by atoms with Crippen molar-refractivity contribution in [2.45, 2.75) is 6.54 Å². The van der Waals surface area contributed by atoms with E-state index in [2.05, 4.69) is 5.32 Å². The second kappa shape index (κ2) is 5.46. The third-order valence-electron chi connectivity index (χ3n) is 2.65. The standard InChI is InChI=1S/C14H12ClF2N/c1-18-8-9-2-4-11(12(15)6-9)10-3-5-13(16)14(17)7-10/h2-7,18H,8H2,1H3. The highest BCUT2D eigenvalue weighted by Crippen LogP contribution is 2.29. The Morgan fingerprint density at radius 2 is 1.83 bits per heavy atom. The molecule has 1 nitrogen and oxygen atoms in total. The van der Waals surface area contributed by atoms with Gasteiger partial charge in [0.1, 0.15) is 0 Å². The quantitative estimate of drug-likeness (QED) is 0.886. The number of nitrogens with one attached hydrogen (secondary N) is 1. The first-order valence-electron chi connectivity index (χ1n) is 5.50. The molecule has 0 aliphatic rings. The predicted octanol–water partition coefficient (Wildman–Crippen LogP) is 4.00. The van der Waals surface area contributed by atoms with Gasteiger partial charge in [0, 0.05) is 17.1 Å². The van der Waals surface area contributed by atoms with E-state index in [1.54, 1.807) is 0 Å². The van der Waals surface area contributed by atoms with Gasteiger partial charge in [-0.3, -0.25) is 0 Å². The monoisotopic (exact) mass is 267 g/mol. The summed E-state index contributed by atoms with van der Waals surface area (Å²) in [5, 5.41) is 3.54. The molecule has 4 heteroatoms. The maximum Gasteiger partial charge on any atom is 0.159 e. The third kappa shape index (κ3) is 2.68. The zero-order valence-corrected chi connectivity index (χ0v) is 10.6. The van der Waals surface area contributed by atoms with Gasteiger partial charge in [-0.15, -0.1) is 0 Å². The van der Waals surface area contributed by atoms with Gasteiger partial charge in [-0.1, -0.05) is 29.8 Å². The fourth-order valence-corrected chi connectivity index (χ4v) is 2.08. The molecule has 0 unspecified atom stereocenters. The zero-order chi connectivity index (χ0) is 13.1. The Balaban J connectivity index is 2.41. The lowest BCUT2D eigenvalue weighted by molar-refractivity contribution is 0.509. The Morgan fingerprint density at radius 3 is 2.44 bits per heavy atom. The molecule has 2 rings (SSSR count). The summed E-state index contributed by atoms with van der Waals surface area (Å²) >= 11 is 6.15. The number of benzene rings is 2. The molecule has 0 aliphatic heterocycles. The highest BCUT2D eigenvalue weighted by atomic mass is 35.5. The van der Waals surface area contributed by atoms with E-state index in [0.29, 0.717) is 22.7 Å². The van der Waals surface area contributed by atoms with Crippen molar-refractivity contribution in [3.8, 4) is 11.1 Å². The number of hydrogen-bond donors (Lipinski definition) is 1. The molecule has 0 saturated carbocycles. The van der Waals surface area contributed by atoms with Gasteiger partial charge in [0.2, 0.25) is 0 Å². The van der Waals surface area contributed by atoms with Crippen LogP contribution in [0.15, 0.2) is 36.4 Å². The molecule has 18 heavy (non-hydrogen) atoms. The van der Waals surface area contributed by atoms with E-state index < -0.39 is 11.6 Å². The van der Waals surface area contributed by atoms with E-state index in [0.717, 1.165) is 17.7 Å². The van der Waals surface area contributed by atoms with Crippen LogP contribution >= 0.6 is 11.6 Å². The van der Waals surface area contributed by atoms with E-state index >= 15 is 0 Å². The van der Waals surface area contributed by atoms with Crippen LogP contribution in [0.4, 0.5) is 8.78 Å². The van der Waals surface area contributed by atoms with Crippen LogP contribution in [0.2, 0.25) is 5.02 Å². The van der Waals surface area contributed by atoms with Crippen molar-refractivity contribution < 1.29 is 8.78 Å². The smallest absolute Gasteiger partial charge is 0.159 e. The molecule has 2 aromatic carbocycles. The minimum atomic E-state index is -0.872. The van der Waals surface area contributed by atoms with Crippen molar-refractivity contribution in [3.63, 3.8) is 0 Å². The van der Waals surface area contributed by atoms with Crippen LogP contribution in [0.3, 0.4) is 0 Å². The van der Waals surface area contributed by atoms with Gasteiger partial charge >= 0.3 is 0 Å². The van der Waals surface area contributed by atoms with Crippen molar-refractivity contribution in [2.75, 3.05) is 7.05 Å². The zero-order valence-electron chi connectivity index (χ0n) is 9.81. The van der Waals surface area contributed by atoms with Crippen molar-refractivity contribution in [1.29, 1.82) is 0 Å². The van der Waals surface area contributed by atoms with Crippen molar-refractivity contribution in [2.24, 2.45) is 0 Å². The Bertz CT molecular complexity index is 570. The van der Waals surface area contributed by atoms with Crippen LogP contribution in [0.5, 0.6) is 0 Å². The molecule has 0 saturated heterocycles. The number of halogens is 3. The summed E-state index contributed by atoms with van der Waals surface area (Å²) in [6, 6.07) is 9.28. The van der Waals surface area contributed by atoms with E-state index in [4.69, 9.17) is 11.6 Å². The Hall–Kier alpha value is -1.45. The summed E-state index contributed by atoms with van der Waals surface area (Å²) in [4.78, 5) is 0. The topological polar surface area (TPSA) is 12.0 Å². The Kier molecular flexibility index (Phi) is 3.94. The molecule has 94 valence electrons. The number of hydrogen-bond acceptors (Lipinski definition) is 1. The summed E-state index contributed by atoms with van der Waals surface area (Å²) in [7, 11) is 1.84. The van der Waals surface area contributed by atoms with Gasteiger partial charge < -0.3 is 5.32 Å². The summed E-state index contributed by atoms with van der Waals surface area (Å²) in [5.74, 6) is -1.73. The van der Waals surface area contributed by atoms with Gasteiger partial charge in [-0.05, 0) is 36.4 Å². The van der Waals surface area contributed by atoms with Crippen molar-refractivity contribution >= 4 is 11.6 Å². The van der Waals surface area contributed by atoms with Crippen molar-refractivity contribution in [1.82, 2.24) is 5.32 Å². The van der Waals surface area contributed by atoms with E-state index in [-0.39, 0.29) is 0 Å². The molecule has 0 amide bonds. The summed E-state index contributed by atoms with van der Waals surface area (Å²) in [5.41, 5.74) is 2.29. The Labute approximate surface area is 109 Å². The van der Waals surface area contributed by atoms with Crippen LogP contribution in [-0.4, -0.2) is 7.05 Å². The van der Waals surface area contributed by atoms with Crippen LogP contribution < -0.4 is 5.32 Å². The molecule has 0 bridgehead atoms. The summed E-state index contributed by atoms with van der Waals surface area (Å²) < 4.78 is 26.0. The largest absolute Gasteiger partial charge is 0.316 e. The van der Waals surface area contributed by atoms with E-state index in [9.17, 15) is 8.78 Å². The average molecular weight is 268 g/mol. The average Bonchev–Trinajstić information content (AvgIpc) is 2.34. The molecular weight excluding hydrogens is 256 g/mol. The van der Waals surface area contributed by atoms with Gasteiger partial charge in [0.15, 0.2) is 11.6 Å². The highest BCUT2D eigenvalue weighted by Gasteiger charge is 2.08. The normalized spacial score (nSPS) is 10.7. The second-order valence-corrected chi connectivity index (χ2v) is 4.38. The first-order chi connectivity index (χ1) is 8.61. The Morgan fingerprint density at radius 1 is 1.06 bits per heavy atom. The van der Waals surface area contributed by atoms with Gasteiger partial charge in [-0.2, -0.15) is 0 Å². The maximum absolute atomic E-state index is 13.2. The first-order valence-corrected chi connectivity index (χ1v) is 5.88. The summed E-state index contributed by atoms with van der Waals surface area (Å²) in [6.07, 6.45) is 0. The molecule has 0 atom stereocenters. The van der Waals surface area contributed by atoms with Crippen LogP contribution in [-0.2, 0) is 6.54 Å². The maximum atomic E-state index is 13.2. The minimum absolute atomic E-state index is 0.522. The van der Waals surface area contributed by atoms with Crippen LogP contribution in [0.1, 0.15) is 5.56 Å². The SMILES string of the molecule is CNCc1ccc(-c2ccc(F)c(F)c2)c(Cl)c1. The molecule has 0 aromatic heterocycles. The molecule has 0 fully saturated rings. The predicted molar refractivity (Wildman–Crippen MR) is 69.6 cm³/mol. The lowest BCUT2D eigenvalue weighted by Gasteiger charge is -2.07. The lowest BCUT2D eigenvalue weighted by atomic mass is 10.0. The molecule has 1 N–H and O–H groups in total. The summed E-state index contributed by atoms with van der Waals surface area (Å²) in [6.45, 7) is 0.706. The molecule has 0 spiro atoms. The highest BCUT2D eigenvalue weighted by molar-refractivity contribution is 6.33. The van der Waals surface area contributed by atoms with E-state index in [1.165, 1.54) is 6.07 Å². The second-order valence-electron chi connectivity index (χ2n) is 3.97. The fraction of sp³-hybridized carbons (Fsp3) is 0.143. The molecular formula is C14H12ClF2N. The van der Waals surface area contributed by atoms with E-state index in [1.807, 2.05) is 25.2 Å². The fourth-order valence-electron chi connectivity index (χ4n) is 1.77. The van der Waals surface area contributed by atoms with Gasteiger partial charge in [0.05, 0.1) is 0 Å². The molecule has 0 radical (unpaired) electrons. The molecule has 0 heterocycles. The van der Waals surface area contributed by atoms with Crippen LogP contribution in [0.25, 0.3) is 11.1 Å². The lowest BCUT2D eigenvalue weighted by Crippen LogP contribution is -2.04. The van der Waals surface area contributed by atoms with Crippen molar-refractivity contribution in [3.05, 3.63) is 58.6 Å². The van der Waals surface area contributed by atoms with Gasteiger partial charge in [0.25, 0.3) is 0 Å². The molecule has 2 aromatic rings. The molecule has 0 aliphatic carbocycles. The minimum Gasteiger partial charge on any atom is -0.316 e. The number of rotatable bonds is 3. The first kappa shape index (κ1) is 13.0. The third-order valence-corrected chi connectivity index (χ3v) is 2.96. The van der Waals surface area contributed by atoms with Gasteiger partial charge in [-0.25, -0.2) is 8.78 Å². The van der Waals surface area contributed by atoms with Crippen LogP contribution in [0, 0.1) is 11.6 Å².